The third-order valence-corrected chi connectivity index (χ3v) is 3.09. The molecule has 1 N–H and O–H groups in total. The van der Waals surface area contributed by atoms with Crippen LogP contribution >= 0.6 is 11.5 Å². The first kappa shape index (κ1) is 11.6. The molecule has 1 atom stereocenters. The molecule has 1 aromatic rings. The highest BCUT2D eigenvalue weighted by molar-refractivity contribution is 7.84. The van der Waals surface area contributed by atoms with E-state index in [4.69, 9.17) is 0 Å². The Labute approximate surface area is 90.8 Å². The van der Waals surface area contributed by atoms with Crippen molar-refractivity contribution in [2.45, 2.75) is 19.8 Å². The van der Waals surface area contributed by atoms with E-state index in [1.165, 1.54) is 11.5 Å². The van der Waals surface area contributed by atoms with E-state index in [0.717, 1.165) is 11.0 Å². The zero-order chi connectivity index (χ0) is 10.6. The predicted octanol–water partition coefficient (Wildman–Crippen LogP) is 1.45. The van der Waals surface area contributed by atoms with Gasteiger partial charge in [0.05, 0.1) is 0 Å². The molecule has 4 nitrogen and oxygen atoms in total. The fourth-order valence-corrected chi connectivity index (χ4v) is 1.96. The minimum Gasteiger partial charge on any atom is -0.359 e. The number of hydrogen-bond donors (Lipinski definition) is 1. The van der Waals surface area contributed by atoms with Gasteiger partial charge in [-0.15, -0.1) is 0 Å². The first-order valence-electron chi connectivity index (χ1n) is 4.47. The largest absolute Gasteiger partial charge is 0.359 e. The number of nitrogens with one attached hydrogen (secondary N) is 1. The van der Waals surface area contributed by atoms with E-state index < -0.39 is 10.8 Å². The van der Waals surface area contributed by atoms with Gasteiger partial charge in [0.25, 0.3) is 0 Å². The van der Waals surface area contributed by atoms with Gasteiger partial charge in [0.2, 0.25) is 5.13 Å². The van der Waals surface area contributed by atoms with Crippen LogP contribution in [-0.2, 0) is 10.8 Å². The maximum absolute atomic E-state index is 10.8. The van der Waals surface area contributed by atoms with Crippen LogP contribution < -0.4 is 5.32 Å². The Hall–Kier alpha value is -0.490. The first-order valence-corrected chi connectivity index (χ1v) is 6.97. The molecule has 1 unspecified atom stereocenters. The molecule has 6 heteroatoms. The molecule has 0 spiro atoms. The molecule has 0 aliphatic carbocycles. The van der Waals surface area contributed by atoms with E-state index in [1.54, 1.807) is 6.26 Å². The average molecular weight is 233 g/mol. The lowest BCUT2D eigenvalue weighted by atomic mass is 10.2. The van der Waals surface area contributed by atoms with Crippen LogP contribution in [0.1, 0.15) is 25.6 Å². The van der Waals surface area contributed by atoms with Crippen molar-refractivity contribution in [1.29, 1.82) is 0 Å². The normalized spacial score (nSPS) is 13.1. The topological polar surface area (TPSA) is 54.9 Å². The molecule has 0 aliphatic rings. The van der Waals surface area contributed by atoms with Crippen LogP contribution in [0, 0.1) is 0 Å². The molecule has 0 aromatic carbocycles. The van der Waals surface area contributed by atoms with Gasteiger partial charge >= 0.3 is 0 Å². The van der Waals surface area contributed by atoms with E-state index in [0.29, 0.717) is 18.2 Å². The maximum Gasteiger partial charge on any atom is 0.202 e. The third-order valence-electron chi connectivity index (χ3n) is 1.62. The van der Waals surface area contributed by atoms with Crippen molar-refractivity contribution >= 4 is 27.5 Å². The Morgan fingerprint density at radius 1 is 1.57 bits per heavy atom. The molecule has 0 aliphatic heterocycles. The summed E-state index contributed by atoms with van der Waals surface area (Å²) in [5.41, 5.74) is 0. The van der Waals surface area contributed by atoms with Crippen LogP contribution in [-0.4, -0.2) is 32.1 Å². The summed E-state index contributed by atoms with van der Waals surface area (Å²) in [6.07, 6.45) is 1.70. The first-order chi connectivity index (χ1) is 6.59. The highest BCUT2D eigenvalue weighted by atomic mass is 32.2. The third kappa shape index (κ3) is 3.71. The smallest absolute Gasteiger partial charge is 0.202 e. The van der Waals surface area contributed by atoms with E-state index >= 15 is 0 Å². The van der Waals surface area contributed by atoms with Gasteiger partial charge in [-0.05, 0) is 0 Å². The predicted molar refractivity (Wildman–Crippen MR) is 61.4 cm³/mol. The van der Waals surface area contributed by atoms with Gasteiger partial charge in [0, 0.05) is 46.8 Å². The lowest BCUT2D eigenvalue weighted by molar-refractivity contribution is 0.687. The molecule has 1 rings (SSSR count). The second-order valence-corrected chi connectivity index (χ2v) is 5.62. The lowest BCUT2D eigenvalue weighted by Crippen LogP contribution is -2.09. The molecule has 0 fully saturated rings. The standard InChI is InChI=1S/C8H15N3OS2/c1-6(2)7-10-8(13-11-7)9-4-5-14(3)12/h6H,4-5H2,1-3H3,(H,9,10,11). The van der Waals surface area contributed by atoms with Crippen molar-refractivity contribution in [3.63, 3.8) is 0 Å². The maximum atomic E-state index is 10.8. The Kier molecular flexibility index (Phi) is 4.47. The minimum absolute atomic E-state index is 0.363. The van der Waals surface area contributed by atoms with Crippen LogP contribution in [0.3, 0.4) is 0 Å². The highest BCUT2D eigenvalue weighted by Crippen LogP contribution is 2.16. The van der Waals surface area contributed by atoms with Crippen molar-refractivity contribution < 1.29 is 4.21 Å². The SMILES string of the molecule is CC(C)c1nsc(NCCS(C)=O)n1. The van der Waals surface area contributed by atoms with E-state index in [-0.39, 0.29) is 0 Å². The van der Waals surface area contributed by atoms with Crippen LogP contribution in [0.2, 0.25) is 0 Å². The van der Waals surface area contributed by atoms with Crippen LogP contribution in [0.4, 0.5) is 5.13 Å². The highest BCUT2D eigenvalue weighted by Gasteiger charge is 2.06. The molecule has 14 heavy (non-hydrogen) atoms. The molecule has 0 saturated carbocycles. The zero-order valence-corrected chi connectivity index (χ0v) is 10.2. The monoisotopic (exact) mass is 233 g/mol. The van der Waals surface area contributed by atoms with Gasteiger partial charge in [0.15, 0.2) is 0 Å². The van der Waals surface area contributed by atoms with Crippen LogP contribution in [0.5, 0.6) is 0 Å². The van der Waals surface area contributed by atoms with Crippen LogP contribution in [0.25, 0.3) is 0 Å². The quantitative estimate of drug-likeness (QED) is 0.836. The Morgan fingerprint density at radius 2 is 2.29 bits per heavy atom. The lowest BCUT2D eigenvalue weighted by Gasteiger charge is -1.99. The fraction of sp³-hybridized carbons (Fsp3) is 0.750. The van der Waals surface area contributed by atoms with Gasteiger partial charge in [-0.1, -0.05) is 13.8 Å². The van der Waals surface area contributed by atoms with Crippen molar-refractivity contribution in [2.75, 3.05) is 23.9 Å². The minimum atomic E-state index is -0.747. The second-order valence-electron chi connectivity index (χ2n) is 3.32. The van der Waals surface area contributed by atoms with Gasteiger partial charge in [0.1, 0.15) is 5.82 Å². The summed E-state index contributed by atoms with van der Waals surface area (Å²) >= 11 is 1.36. The molecule has 0 amide bonds. The van der Waals surface area contributed by atoms with Crippen molar-refractivity contribution in [3.05, 3.63) is 5.82 Å². The number of rotatable bonds is 5. The molecule has 0 bridgehead atoms. The average Bonchev–Trinajstić information content (AvgIpc) is 2.52. The Morgan fingerprint density at radius 3 is 2.79 bits per heavy atom. The number of aromatic nitrogens is 2. The van der Waals surface area contributed by atoms with Crippen molar-refractivity contribution in [3.8, 4) is 0 Å². The van der Waals surface area contributed by atoms with Gasteiger partial charge in [-0.2, -0.15) is 4.37 Å². The second kappa shape index (κ2) is 5.41. The molecule has 1 aromatic heterocycles. The molecular formula is C8H15N3OS2. The molecule has 0 radical (unpaired) electrons. The molecule has 0 saturated heterocycles. The molecule has 80 valence electrons. The van der Waals surface area contributed by atoms with Gasteiger partial charge in [-0.3, -0.25) is 4.21 Å². The van der Waals surface area contributed by atoms with Crippen molar-refractivity contribution in [2.24, 2.45) is 0 Å². The summed E-state index contributed by atoms with van der Waals surface area (Å²) in [7, 11) is -0.747. The fourth-order valence-electron chi connectivity index (χ4n) is 0.843. The zero-order valence-electron chi connectivity index (χ0n) is 8.61. The summed E-state index contributed by atoms with van der Waals surface area (Å²) in [6.45, 7) is 4.82. The van der Waals surface area contributed by atoms with Crippen LogP contribution in [0.15, 0.2) is 0 Å². The summed E-state index contributed by atoms with van der Waals surface area (Å²) in [5, 5.41) is 3.92. The van der Waals surface area contributed by atoms with Gasteiger partial charge in [-0.25, -0.2) is 4.98 Å². The summed E-state index contributed by atoms with van der Waals surface area (Å²) in [4.78, 5) is 4.30. The Bertz CT molecular complexity index is 311. The van der Waals surface area contributed by atoms with E-state index in [9.17, 15) is 4.21 Å². The van der Waals surface area contributed by atoms with E-state index in [1.807, 2.05) is 0 Å². The Balaban J connectivity index is 2.40. The van der Waals surface area contributed by atoms with Crippen molar-refractivity contribution in [1.82, 2.24) is 9.36 Å². The number of hydrogen-bond acceptors (Lipinski definition) is 5. The number of anilines is 1. The summed E-state index contributed by atoms with van der Waals surface area (Å²) in [5.74, 6) is 1.88. The molecular weight excluding hydrogens is 218 g/mol. The van der Waals surface area contributed by atoms with Gasteiger partial charge < -0.3 is 5.32 Å². The summed E-state index contributed by atoms with van der Waals surface area (Å²) in [6, 6.07) is 0. The molecule has 1 heterocycles. The van der Waals surface area contributed by atoms with E-state index in [2.05, 4.69) is 28.5 Å². The number of nitrogens with zero attached hydrogens (tertiary/aromatic N) is 2. The summed E-state index contributed by atoms with van der Waals surface area (Å²) < 4.78 is 15.0.